The van der Waals surface area contributed by atoms with Crippen LogP contribution in [0.25, 0.3) is 0 Å². The SMILES string of the molecule is CC(C)(C)[C@@H](O)CN1CCCN(C[C@H](O)C(C)(C)C)CC1. The Bertz CT molecular complexity index is 277. The lowest BCUT2D eigenvalue weighted by Gasteiger charge is -2.32. The fraction of sp³-hybridized carbons (Fsp3) is 1.00. The second kappa shape index (κ2) is 7.40. The molecule has 0 aromatic heterocycles. The van der Waals surface area contributed by atoms with Gasteiger partial charge < -0.3 is 10.2 Å². The van der Waals surface area contributed by atoms with E-state index in [1.165, 1.54) is 0 Å². The summed E-state index contributed by atoms with van der Waals surface area (Å²) in [5.74, 6) is 0. The number of β-amino-alcohol motifs (C(OH)–C–C–N with tert-alkyl or cyclic N) is 2. The van der Waals surface area contributed by atoms with Crippen LogP contribution in [0.4, 0.5) is 0 Å². The summed E-state index contributed by atoms with van der Waals surface area (Å²) >= 11 is 0. The second-order valence-electron chi connectivity index (χ2n) is 8.72. The van der Waals surface area contributed by atoms with Crippen LogP contribution in [-0.2, 0) is 0 Å². The first kappa shape index (κ1) is 18.9. The molecular formula is C17H36N2O2. The maximum Gasteiger partial charge on any atom is 0.0715 e. The van der Waals surface area contributed by atoms with Gasteiger partial charge in [0.15, 0.2) is 0 Å². The van der Waals surface area contributed by atoms with E-state index in [9.17, 15) is 10.2 Å². The summed E-state index contributed by atoms with van der Waals surface area (Å²) in [6, 6.07) is 0. The summed E-state index contributed by atoms with van der Waals surface area (Å²) in [5, 5.41) is 20.5. The van der Waals surface area contributed by atoms with Gasteiger partial charge in [-0.2, -0.15) is 0 Å². The van der Waals surface area contributed by atoms with Gasteiger partial charge in [-0.05, 0) is 30.3 Å². The standard InChI is InChI=1S/C17H36N2O2/c1-16(2,3)14(20)12-18-8-7-9-19(11-10-18)13-15(21)17(4,5)6/h14-15,20-21H,7-13H2,1-6H3/t14-,15-/m0/s1. The molecule has 0 spiro atoms. The molecule has 0 aromatic carbocycles. The average Bonchev–Trinajstić information content (AvgIpc) is 2.52. The van der Waals surface area contributed by atoms with Crippen molar-refractivity contribution >= 4 is 0 Å². The maximum absolute atomic E-state index is 10.3. The highest BCUT2D eigenvalue weighted by molar-refractivity contribution is 4.81. The predicted molar refractivity (Wildman–Crippen MR) is 88.4 cm³/mol. The number of aliphatic hydroxyl groups is 2. The molecule has 4 nitrogen and oxygen atoms in total. The van der Waals surface area contributed by atoms with Gasteiger partial charge in [0.1, 0.15) is 0 Å². The highest BCUT2D eigenvalue weighted by atomic mass is 16.3. The molecule has 0 aliphatic carbocycles. The summed E-state index contributed by atoms with van der Waals surface area (Å²) in [5.41, 5.74) is -0.122. The molecule has 0 saturated carbocycles. The van der Waals surface area contributed by atoms with E-state index in [0.29, 0.717) is 0 Å². The Balaban J connectivity index is 2.44. The molecule has 0 radical (unpaired) electrons. The molecule has 0 aromatic rings. The van der Waals surface area contributed by atoms with Gasteiger partial charge in [0.2, 0.25) is 0 Å². The lowest BCUT2D eigenvalue weighted by Crippen LogP contribution is -2.43. The third kappa shape index (κ3) is 6.64. The summed E-state index contributed by atoms with van der Waals surface area (Å²) in [4.78, 5) is 4.72. The first-order chi connectivity index (χ1) is 9.50. The third-order valence-electron chi connectivity index (χ3n) is 4.54. The van der Waals surface area contributed by atoms with Crippen LogP contribution in [0.1, 0.15) is 48.0 Å². The minimum absolute atomic E-state index is 0.0611. The van der Waals surface area contributed by atoms with Gasteiger partial charge in [0.05, 0.1) is 12.2 Å². The van der Waals surface area contributed by atoms with E-state index in [-0.39, 0.29) is 23.0 Å². The van der Waals surface area contributed by atoms with Gasteiger partial charge >= 0.3 is 0 Å². The Hall–Kier alpha value is -0.160. The number of rotatable bonds is 4. The molecular weight excluding hydrogens is 264 g/mol. The number of nitrogens with zero attached hydrogens (tertiary/aromatic N) is 2. The lowest BCUT2D eigenvalue weighted by atomic mass is 9.89. The summed E-state index contributed by atoms with van der Waals surface area (Å²) in [6.07, 6.45) is 0.529. The van der Waals surface area contributed by atoms with Crippen LogP contribution in [0, 0.1) is 10.8 Å². The highest BCUT2D eigenvalue weighted by Crippen LogP contribution is 2.22. The van der Waals surface area contributed by atoms with E-state index in [0.717, 1.165) is 45.7 Å². The largest absolute Gasteiger partial charge is 0.391 e. The van der Waals surface area contributed by atoms with Crippen molar-refractivity contribution in [2.75, 3.05) is 39.3 Å². The van der Waals surface area contributed by atoms with Crippen LogP contribution in [0.3, 0.4) is 0 Å². The molecule has 1 rings (SSSR count). The van der Waals surface area contributed by atoms with Crippen LogP contribution in [0.5, 0.6) is 0 Å². The summed E-state index contributed by atoms with van der Waals surface area (Å²) < 4.78 is 0. The van der Waals surface area contributed by atoms with E-state index in [1.54, 1.807) is 0 Å². The molecule has 2 atom stereocenters. The molecule has 1 saturated heterocycles. The van der Waals surface area contributed by atoms with E-state index < -0.39 is 0 Å². The van der Waals surface area contributed by atoms with Crippen molar-refractivity contribution in [2.24, 2.45) is 10.8 Å². The number of hydrogen-bond donors (Lipinski definition) is 2. The zero-order valence-corrected chi connectivity index (χ0v) is 14.9. The van der Waals surface area contributed by atoms with Crippen LogP contribution < -0.4 is 0 Å². The van der Waals surface area contributed by atoms with Crippen molar-refractivity contribution < 1.29 is 10.2 Å². The lowest BCUT2D eigenvalue weighted by molar-refractivity contribution is 0.0227. The van der Waals surface area contributed by atoms with Crippen molar-refractivity contribution in [3.63, 3.8) is 0 Å². The van der Waals surface area contributed by atoms with E-state index in [2.05, 4.69) is 51.3 Å². The van der Waals surface area contributed by atoms with Crippen LogP contribution in [-0.4, -0.2) is 71.5 Å². The second-order valence-corrected chi connectivity index (χ2v) is 8.72. The molecule has 1 heterocycles. The predicted octanol–water partition coefficient (Wildman–Crippen LogP) is 1.81. The minimum Gasteiger partial charge on any atom is -0.391 e. The van der Waals surface area contributed by atoms with Crippen LogP contribution in [0.2, 0.25) is 0 Å². The minimum atomic E-state index is -0.288. The summed E-state index contributed by atoms with van der Waals surface area (Å²) in [6.45, 7) is 18.0. The Kier molecular flexibility index (Phi) is 6.66. The molecule has 1 fully saturated rings. The van der Waals surface area contributed by atoms with Crippen molar-refractivity contribution in [3.8, 4) is 0 Å². The average molecular weight is 300 g/mol. The Morgan fingerprint density at radius 2 is 1.05 bits per heavy atom. The van der Waals surface area contributed by atoms with Gasteiger partial charge in [-0.15, -0.1) is 0 Å². The van der Waals surface area contributed by atoms with E-state index >= 15 is 0 Å². The van der Waals surface area contributed by atoms with Gasteiger partial charge in [-0.3, -0.25) is 9.80 Å². The Labute approximate surface area is 131 Å². The molecule has 2 N–H and O–H groups in total. The maximum atomic E-state index is 10.3. The van der Waals surface area contributed by atoms with Crippen molar-refractivity contribution in [1.82, 2.24) is 9.80 Å². The molecule has 21 heavy (non-hydrogen) atoms. The van der Waals surface area contributed by atoms with Gasteiger partial charge in [-0.1, -0.05) is 41.5 Å². The fourth-order valence-corrected chi connectivity index (χ4v) is 2.43. The normalized spacial score (nSPS) is 22.9. The molecule has 1 aliphatic rings. The first-order valence-corrected chi connectivity index (χ1v) is 8.31. The molecule has 0 bridgehead atoms. The molecule has 126 valence electrons. The van der Waals surface area contributed by atoms with Crippen LogP contribution in [0.15, 0.2) is 0 Å². The van der Waals surface area contributed by atoms with Crippen molar-refractivity contribution in [3.05, 3.63) is 0 Å². The van der Waals surface area contributed by atoms with Gasteiger partial charge in [-0.25, -0.2) is 0 Å². The van der Waals surface area contributed by atoms with Crippen LogP contribution >= 0.6 is 0 Å². The molecule has 1 aliphatic heterocycles. The number of aliphatic hydroxyl groups excluding tert-OH is 2. The quantitative estimate of drug-likeness (QED) is 0.831. The van der Waals surface area contributed by atoms with E-state index in [4.69, 9.17) is 0 Å². The zero-order chi connectivity index (χ0) is 16.3. The molecule has 0 unspecified atom stereocenters. The number of hydrogen-bond acceptors (Lipinski definition) is 4. The summed E-state index contributed by atoms with van der Waals surface area (Å²) in [7, 11) is 0. The van der Waals surface area contributed by atoms with E-state index in [1.807, 2.05) is 0 Å². The van der Waals surface area contributed by atoms with Gasteiger partial charge in [0.25, 0.3) is 0 Å². The van der Waals surface area contributed by atoms with Crippen molar-refractivity contribution in [2.45, 2.75) is 60.2 Å². The molecule has 4 heteroatoms. The van der Waals surface area contributed by atoms with Crippen molar-refractivity contribution in [1.29, 1.82) is 0 Å². The fourth-order valence-electron chi connectivity index (χ4n) is 2.43. The molecule has 0 amide bonds. The first-order valence-electron chi connectivity index (χ1n) is 8.31. The topological polar surface area (TPSA) is 46.9 Å². The Morgan fingerprint density at radius 1 is 0.714 bits per heavy atom. The third-order valence-corrected chi connectivity index (χ3v) is 4.54. The monoisotopic (exact) mass is 300 g/mol. The smallest absolute Gasteiger partial charge is 0.0715 e. The van der Waals surface area contributed by atoms with Gasteiger partial charge in [0, 0.05) is 26.2 Å². The highest BCUT2D eigenvalue weighted by Gasteiger charge is 2.28. The zero-order valence-electron chi connectivity index (χ0n) is 14.9. The Morgan fingerprint density at radius 3 is 1.33 bits per heavy atom.